The molecule has 28 heavy (non-hydrogen) atoms. The van der Waals surface area contributed by atoms with Crippen molar-refractivity contribution in [2.45, 2.75) is 13.0 Å². The average Bonchev–Trinajstić information content (AvgIpc) is 3.11. The molecule has 0 atom stereocenters. The fourth-order valence-electron chi connectivity index (χ4n) is 3.42. The molecular formula is C24H25N3O. The first-order chi connectivity index (χ1) is 13.7. The minimum absolute atomic E-state index is 0.654. The molecule has 0 saturated carbocycles. The van der Waals surface area contributed by atoms with Gasteiger partial charge in [0.2, 0.25) is 0 Å². The third-order valence-electron chi connectivity index (χ3n) is 4.80. The molecule has 3 aromatic carbocycles. The third kappa shape index (κ3) is 4.07. The first-order valence-corrected chi connectivity index (χ1v) is 9.58. The second-order valence-electron chi connectivity index (χ2n) is 7.25. The van der Waals surface area contributed by atoms with Crippen molar-refractivity contribution in [2.24, 2.45) is 0 Å². The predicted octanol–water partition coefficient (Wildman–Crippen LogP) is 4.91. The van der Waals surface area contributed by atoms with Crippen LogP contribution in [0, 0.1) is 0 Å². The van der Waals surface area contributed by atoms with E-state index in [2.05, 4.69) is 83.8 Å². The summed E-state index contributed by atoms with van der Waals surface area (Å²) < 4.78 is 6.15. The molecule has 0 fully saturated rings. The average molecular weight is 371 g/mol. The fourth-order valence-corrected chi connectivity index (χ4v) is 3.42. The van der Waals surface area contributed by atoms with Gasteiger partial charge in [-0.1, -0.05) is 54.6 Å². The zero-order valence-electron chi connectivity index (χ0n) is 16.4. The van der Waals surface area contributed by atoms with E-state index in [4.69, 9.17) is 4.74 Å². The highest BCUT2D eigenvalue weighted by Gasteiger charge is 2.11. The summed E-state index contributed by atoms with van der Waals surface area (Å²) in [4.78, 5) is 2.14. The van der Waals surface area contributed by atoms with Crippen LogP contribution in [0.3, 0.4) is 0 Å². The Morgan fingerprint density at radius 3 is 2.54 bits per heavy atom. The van der Waals surface area contributed by atoms with Crippen molar-refractivity contribution in [2.75, 3.05) is 20.7 Å². The molecule has 0 saturated heterocycles. The number of para-hydroxylation sites is 1. The van der Waals surface area contributed by atoms with Gasteiger partial charge in [-0.15, -0.1) is 0 Å². The molecule has 0 aliphatic heterocycles. The van der Waals surface area contributed by atoms with Crippen molar-refractivity contribution in [3.8, 4) is 16.9 Å². The van der Waals surface area contributed by atoms with Gasteiger partial charge in [0.1, 0.15) is 5.75 Å². The van der Waals surface area contributed by atoms with E-state index < -0.39 is 0 Å². The molecule has 0 radical (unpaired) electrons. The van der Waals surface area contributed by atoms with Crippen molar-refractivity contribution in [1.82, 2.24) is 15.1 Å². The van der Waals surface area contributed by atoms with E-state index in [0.717, 1.165) is 46.4 Å². The number of fused-ring (bicyclic) bond motifs is 1. The van der Waals surface area contributed by atoms with Crippen LogP contribution in [-0.2, 0) is 13.0 Å². The molecule has 4 rings (SSSR count). The summed E-state index contributed by atoms with van der Waals surface area (Å²) in [5.74, 6) is 0.912. The highest BCUT2D eigenvalue weighted by Crippen LogP contribution is 2.32. The molecule has 4 nitrogen and oxygen atoms in total. The van der Waals surface area contributed by atoms with Gasteiger partial charge >= 0.3 is 0 Å². The fraction of sp³-hybridized carbons (Fsp3) is 0.208. The Labute approximate surface area is 165 Å². The van der Waals surface area contributed by atoms with E-state index in [-0.39, 0.29) is 0 Å². The summed E-state index contributed by atoms with van der Waals surface area (Å²) >= 11 is 0. The van der Waals surface area contributed by atoms with Gasteiger partial charge in [-0.25, -0.2) is 0 Å². The van der Waals surface area contributed by atoms with Crippen LogP contribution in [0.25, 0.3) is 22.0 Å². The largest absolute Gasteiger partial charge is 0.493 e. The standard InChI is InChI=1S/C24H25N3O/c1-27(2)17-23-21-16-19(12-13-22(21)25-26-23)20-10-6-7-11-24(20)28-15-14-18-8-4-3-5-9-18/h3-13,16H,14-15,17H2,1-2H3,(H,25,26). The molecule has 0 aliphatic carbocycles. The van der Waals surface area contributed by atoms with E-state index in [1.807, 2.05) is 18.2 Å². The number of nitrogens with one attached hydrogen (secondary N) is 1. The summed E-state index contributed by atoms with van der Waals surface area (Å²) in [6, 6.07) is 25.1. The first-order valence-electron chi connectivity index (χ1n) is 9.58. The maximum atomic E-state index is 6.15. The van der Waals surface area contributed by atoms with Gasteiger partial charge in [0.05, 0.1) is 17.8 Å². The molecule has 1 N–H and O–H groups in total. The van der Waals surface area contributed by atoms with Crippen molar-refractivity contribution < 1.29 is 4.74 Å². The van der Waals surface area contributed by atoms with Crippen LogP contribution in [0.5, 0.6) is 5.75 Å². The third-order valence-corrected chi connectivity index (χ3v) is 4.80. The van der Waals surface area contributed by atoms with Crippen LogP contribution in [0.2, 0.25) is 0 Å². The van der Waals surface area contributed by atoms with Crippen molar-refractivity contribution in [3.63, 3.8) is 0 Å². The van der Waals surface area contributed by atoms with Crippen LogP contribution in [-0.4, -0.2) is 35.8 Å². The molecule has 0 spiro atoms. The summed E-state index contributed by atoms with van der Waals surface area (Å²) in [5, 5.41) is 8.75. The highest BCUT2D eigenvalue weighted by atomic mass is 16.5. The Morgan fingerprint density at radius 2 is 1.71 bits per heavy atom. The maximum absolute atomic E-state index is 6.15. The molecular weight excluding hydrogens is 346 g/mol. The minimum Gasteiger partial charge on any atom is -0.493 e. The Kier molecular flexibility index (Phi) is 5.40. The maximum Gasteiger partial charge on any atom is 0.127 e. The van der Waals surface area contributed by atoms with Crippen molar-refractivity contribution in [3.05, 3.63) is 84.1 Å². The van der Waals surface area contributed by atoms with E-state index in [0.29, 0.717) is 6.61 Å². The molecule has 0 aliphatic rings. The second kappa shape index (κ2) is 8.28. The first kappa shape index (κ1) is 18.3. The van der Waals surface area contributed by atoms with Crippen LogP contribution in [0.1, 0.15) is 11.3 Å². The van der Waals surface area contributed by atoms with Gasteiger partial charge in [0, 0.05) is 23.9 Å². The zero-order chi connectivity index (χ0) is 19.3. The summed E-state index contributed by atoms with van der Waals surface area (Å²) in [5.41, 5.74) is 5.65. The monoisotopic (exact) mass is 371 g/mol. The summed E-state index contributed by atoms with van der Waals surface area (Å²) in [7, 11) is 4.12. The Morgan fingerprint density at radius 1 is 0.929 bits per heavy atom. The number of rotatable bonds is 7. The lowest BCUT2D eigenvalue weighted by atomic mass is 10.0. The molecule has 142 valence electrons. The van der Waals surface area contributed by atoms with E-state index in [1.165, 1.54) is 5.56 Å². The SMILES string of the molecule is CN(C)Cc1[nH]nc2ccc(-c3ccccc3OCCc3ccccc3)cc12. The lowest BCUT2D eigenvalue weighted by molar-refractivity contribution is 0.323. The van der Waals surface area contributed by atoms with Crippen LogP contribution < -0.4 is 4.74 Å². The van der Waals surface area contributed by atoms with Gasteiger partial charge in [-0.3, -0.25) is 5.10 Å². The van der Waals surface area contributed by atoms with Crippen molar-refractivity contribution >= 4 is 10.9 Å². The number of aromatic amines is 1. The molecule has 1 aromatic heterocycles. The summed E-state index contributed by atoms with van der Waals surface area (Å²) in [6.45, 7) is 1.48. The lowest BCUT2D eigenvalue weighted by Crippen LogP contribution is -2.11. The van der Waals surface area contributed by atoms with Crippen LogP contribution >= 0.6 is 0 Å². The second-order valence-corrected chi connectivity index (χ2v) is 7.25. The van der Waals surface area contributed by atoms with Gasteiger partial charge in [0.25, 0.3) is 0 Å². The van der Waals surface area contributed by atoms with Gasteiger partial charge in [-0.05, 0) is 43.4 Å². The number of H-pyrrole nitrogens is 1. The molecule has 0 unspecified atom stereocenters. The molecule has 4 aromatic rings. The normalized spacial score (nSPS) is 11.2. The number of aromatic nitrogens is 2. The van der Waals surface area contributed by atoms with Crippen LogP contribution in [0.15, 0.2) is 72.8 Å². The number of benzene rings is 3. The Bertz CT molecular complexity index is 1050. The van der Waals surface area contributed by atoms with Gasteiger partial charge in [-0.2, -0.15) is 5.10 Å². The van der Waals surface area contributed by atoms with Gasteiger partial charge < -0.3 is 9.64 Å². The number of ether oxygens (including phenoxy) is 1. The Balaban J connectivity index is 1.58. The van der Waals surface area contributed by atoms with E-state index in [1.54, 1.807) is 0 Å². The van der Waals surface area contributed by atoms with E-state index in [9.17, 15) is 0 Å². The molecule has 0 amide bonds. The van der Waals surface area contributed by atoms with Crippen molar-refractivity contribution in [1.29, 1.82) is 0 Å². The summed E-state index contributed by atoms with van der Waals surface area (Å²) in [6.07, 6.45) is 0.892. The molecule has 4 heteroatoms. The smallest absolute Gasteiger partial charge is 0.127 e. The highest BCUT2D eigenvalue weighted by molar-refractivity contribution is 5.87. The molecule has 0 bridgehead atoms. The van der Waals surface area contributed by atoms with E-state index >= 15 is 0 Å². The topological polar surface area (TPSA) is 41.2 Å². The van der Waals surface area contributed by atoms with Crippen LogP contribution in [0.4, 0.5) is 0 Å². The Hall–Kier alpha value is -3.11. The zero-order valence-corrected chi connectivity index (χ0v) is 16.4. The predicted molar refractivity (Wildman–Crippen MR) is 115 cm³/mol. The minimum atomic E-state index is 0.654. The lowest BCUT2D eigenvalue weighted by Gasteiger charge is -2.12. The number of hydrogen-bond donors (Lipinski definition) is 1. The number of hydrogen-bond acceptors (Lipinski definition) is 3. The molecule has 1 heterocycles. The number of nitrogens with zero attached hydrogens (tertiary/aromatic N) is 2. The van der Waals surface area contributed by atoms with Gasteiger partial charge in [0.15, 0.2) is 0 Å². The quantitative estimate of drug-likeness (QED) is 0.502.